The van der Waals surface area contributed by atoms with Gasteiger partial charge in [0.05, 0.1) is 5.56 Å². The molecule has 3 rings (SSSR count). The maximum absolute atomic E-state index is 12.3. The van der Waals surface area contributed by atoms with Crippen molar-refractivity contribution < 1.29 is 4.79 Å². The fourth-order valence-electron chi connectivity index (χ4n) is 3.14. The van der Waals surface area contributed by atoms with E-state index in [1.165, 1.54) is 30.4 Å². The number of nitrogens with zero attached hydrogens (tertiary/aromatic N) is 1. The number of aromatic nitrogens is 1. The first-order valence-electron chi connectivity index (χ1n) is 8.73. The lowest BCUT2D eigenvalue weighted by Crippen LogP contribution is -2.36. The van der Waals surface area contributed by atoms with Crippen LogP contribution in [0, 0.1) is 13.8 Å². The van der Waals surface area contributed by atoms with E-state index in [4.69, 9.17) is 0 Å². The van der Waals surface area contributed by atoms with Crippen LogP contribution in [0.2, 0.25) is 0 Å². The molecule has 0 radical (unpaired) electrons. The van der Waals surface area contributed by atoms with Gasteiger partial charge in [-0.25, -0.2) is 4.98 Å². The molecule has 0 atom stereocenters. The molecule has 2 aromatic rings. The van der Waals surface area contributed by atoms with Crippen LogP contribution in [0.5, 0.6) is 0 Å². The highest BCUT2D eigenvalue weighted by atomic mass is 16.1. The summed E-state index contributed by atoms with van der Waals surface area (Å²) in [6.45, 7) is 4.18. The third-order valence-electron chi connectivity index (χ3n) is 4.83. The number of carbonyl (C=O) groups excluding carboxylic acids is 1. The Hall–Kier alpha value is -2.36. The van der Waals surface area contributed by atoms with Crippen LogP contribution in [-0.4, -0.2) is 16.9 Å². The largest absolute Gasteiger partial charge is 0.349 e. The molecule has 0 spiro atoms. The summed E-state index contributed by atoms with van der Waals surface area (Å²) >= 11 is 0. The summed E-state index contributed by atoms with van der Waals surface area (Å²) in [5.41, 5.74) is 4.11. The maximum atomic E-state index is 12.3. The van der Waals surface area contributed by atoms with E-state index in [-0.39, 0.29) is 5.91 Å². The van der Waals surface area contributed by atoms with Crippen LogP contribution in [0.15, 0.2) is 36.5 Å². The molecule has 1 aromatic carbocycles. The number of nitrogens with one attached hydrogen (secondary N) is 2. The van der Waals surface area contributed by atoms with E-state index in [0.717, 1.165) is 24.3 Å². The number of rotatable bonds is 4. The van der Waals surface area contributed by atoms with Crippen molar-refractivity contribution in [1.82, 2.24) is 10.3 Å². The normalized spacial score (nSPS) is 15.1. The van der Waals surface area contributed by atoms with Gasteiger partial charge in [-0.05, 0) is 56.0 Å². The van der Waals surface area contributed by atoms with Crippen molar-refractivity contribution in [3.63, 3.8) is 0 Å². The van der Waals surface area contributed by atoms with Crippen LogP contribution >= 0.6 is 0 Å². The van der Waals surface area contributed by atoms with Crippen molar-refractivity contribution in [2.75, 3.05) is 5.32 Å². The van der Waals surface area contributed by atoms with E-state index >= 15 is 0 Å². The number of benzene rings is 1. The predicted molar refractivity (Wildman–Crippen MR) is 97.8 cm³/mol. The average molecular weight is 323 g/mol. The molecule has 1 aromatic heterocycles. The fraction of sp³-hybridized carbons (Fsp3) is 0.400. The first kappa shape index (κ1) is 16.5. The zero-order valence-corrected chi connectivity index (χ0v) is 14.4. The molecular weight excluding hydrogens is 298 g/mol. The average Bonchev–Trinajstić information content (AvgIpc) is 2.60. The minimum Gasteiger partial charge on any atom is -0.349 e. The zero-order valence-electron chi connectivity index (χ0n) is 14.4. The van der Waals surface area contributed by atoms with E-state index in [1.807, 2.05) is 24.3 Å². The molecule has 126 valence electrons. The van der Waals surface area contributed by atoms with Crippen molar-refractivity contribution in [1.29, 1.82) is 0 Å². The first-order valence-corrected chi connectivity index (χ1v) is 8.73. The third-order valence-corrected chi connectivity index (χ3v) is 4.83. The number of amides is 1. The summed E-state index contributed by atoms with van der Waals surface area (Å²) in [5.74, 6) is 0.727. The number of hydrogen-bond donors (Lipinski definition) is 2. The number of anilines is 2. The summed E-state index contributed by atoms with van der Waals surface area (Å²) in [7, 11) is 0. The zero-order chi connectivity index (χ0) is 16.9. The lowest BCUT2D eigenvalue weighted by Gasteiger charge is -2.22. The molecular formula is C20H25N3O. The predicted octanol–water partition coefficient (Wildman–Crippen LogP) is 4.50. The highest BCUT2D eigenvalue weighted by Gasteiger charge is 2.16. The van der Waals surface area contributed by atoms with Crippen LogP contribution in [0.1, 0.15) is 53.6 Å². The van der Waals surface area contributed by atoms with E-state index in [9.17, 15) is 4.79 Å². The number of aryl methyl sites for hydroxylation is 1. The summed E-state index contributed by atoms with van der Waals surface area (Å²) in [4.78, 5) is 16.7. The van der Waals surface area contributed by atoms with Gasteiger partial charge >= 0.3 is 0 Å². The molecule has 0 unspecified atom stereocenters. The molecule has 24 heavy (non-hydrogen) atoms. The first-order chi connectivity index (χ1) is 11.6. The molecule has 4 nitrogen and oxygen atoms in total. The minimum atomic E-state index is -0.0207. The molecule has 0 bridgehead atoms. The number of hydrogen-bond acceptors (Lipinski definition) is 3. The monoisotopic (exact) mass is 323 g/mol. The molecule has 1 saturated carbocycles. The Bertz CT molecular complexity index is 703. The number of carbonyl (C=O) groups is 1. The molecule has 1 aliphatic carbocycles. The van der Waals surface area contributed by atoms with Gasteiger partial charge in [0.1, 0.15) is 5.82 Å². The van der Waals surface area contributed by atoms with Crippen molar-refractivity contribution in [2.24, 2.45) is 0 Å². The second-order valence-electron chi connectivity index (χ2n) is 6.61. The Balaban J connectivity index is 1.64. The summed E-state index contributed by atoms with van der Waals surface area (Å²) < 4.78 is 0. The molecule has 0 saturated heterocycles. The van der Waals surface area contributed by atoms with Crippen LogP contribution in [0.3, 0.4) is 0 Å². The SMILES string of the molecule is Cc1cccc(Nc2ccc(C(=O)NC3CCCCC3)cn2)c1C. The highest BCUT2D eigenvalue weighted by Crippen LogP contribution is 2.22. The molecule has 0 aliphatic heterocycles. The molecule has 2 N–H and O–H groups in total. The van der Waals surface area contributed by atoms with E-state index < -0.39 is 0 Å². The summed E-state index contributed by atoms with van der Waals surface area (Å²) in [6.07, 6.45) is 7.53. The second kappa shape index (κ2) is 7.47. The highest BCUT2D eigenvalue weighted by molar-refractivity contribution is 5.94. The topological polar surface area (TPSA) is 54.0 Å². The lowest BCUT2D eigenvalue weighted by atomic mass is 9.95. The lowest BCUT2D eigenvalue weighted by molar-refractivity contribution is 0.0927. The summed E-state index contributed by atoms with van der Waals surface area (Å²) in [6, 6.07) is 10.2. The van der Waals surface area contributed by atoms with Gasteiger partial charge < -0.3 is 10.6 Å². The van der Waals surface area contributed by atoms with Crippen molar-refractivity contribution in [2.45, 2.75) is 52.0 Å². The van der Waals surface area contributed by atoms with Crippen LogP contribution < -0.4 is 10.6 Å². The molecule has 1 fully saturated rings. The van der Waals surface area contributed by atoms with Crippen LogP contribution in [0.4, 0.5) is 11.5 Å². The van der Waals surface area contributed by atoms with E-state index in [0.29, 0.717) is 11.6 Å². The van der Waals surface area contributed by atoms with Gasteiger partial charge in [0, 0.05) is 17.9 Å². The van der Waals surface area contributed by atoms with Gasteiger partial charge in [-0.1, -0.05) is 31.4 Å². The quantitative estimate of drug-likeness (QED) is 0.870. The van der Waals surface area contributed by atoms with E-state index in [2.05, 4.69) is 35.5 Å². The van der Waals surface area contributed by atoms with Gasteiger partial charge in [-0.2, -0.15) is 0 Å². The van der Waals surface area contributed by atoms with Crippen molar-refractivity contribution in [3.05, 3.63) is 53.2 Å². The van der Waals surface area contributed by atoms with Crippen LogP contribution in [-0.2, 0) is 0 Å². The standard InChI is InChI=1S/C20H25N3O/c1-14-7-6-10-18(15(14)2)23-19-12-11-16(13-21-19)20(24)22-17-8-4-3-5-9-17/h6-7,10-13,17H,3-5,8-9H2,1-2H3,(H,21,23)(H,22,24). The Morgan fingerprint density at radius 2 is 1.88 bits per heavy atom. The van der Waals surface area contributed by atoms with Gasteiger partial charge in [0.15, 0.2) is 0 Å². The maximum Gasteiger partial charge on any atom is 0.253 e. The van der Waals surface area contributed by atoms with Crippen molar-refractivity contribution in [3.8, 4) is 0 Å². The third kappa shape index (κ3) is 3.94. The van der Waals surface area contributed by atoms with Gasteiger partial charge in [0.2, 0.25) is 0 Å². The molecule has 1 aliphatic rings. The molecule has 1 amide bonds. The Kier molecular flexibility index (Phi) is 5.14. The minimum absolute atomic E-state index is 0.0207. The summed E-state index contributed by atoms with van der Waals surface area (Å²) in [5, 5.41) is 6.44. The molecule has 4 heteroatoms. The Morgan fingerprint density at radius 1 is 1.08 bits per heavy atom. The van der Waals surface area contributed by atoms with Gasteiger partial charge in [-0.3, -0.25) is 4.79 Å². The Labute approximate surface area is 143 Å². The van der Waals surface area contributed by atoms with Crippen molar-refractivity contribution >= 4 is 17.4 Å². The van der Waals surface area contributed by atoms with Crippen LogP contribution in [0.25, 0.3) is 0 Å². The number of pyridine rings is 1. The molecule has 1 heterocycles. The van der Waals surface area contributed by atoms with E-state index in [1.54, 1.807) is 6.20 Å². The Morgan fingerprint density at radius 3 is 2.58 bits per heavy atom. The fourth-order valence-corrected chi connectivity index (χ4v) is 3.14. The van der Waals surface area contributed by atoms with Gasteiger partial charge in [0.25, 0.3) is 5.91 Å². The smallest absolute Gasteiger partial charge is 0.253 e. The second-order valence-corrected chi connectivity index (χ2v) is 6.61. The van der Waals surface area contributed by atoms with Gasteiger partial charge in [-0.15, -0.1) is 0 Å².